The van der Waals surface area contributed by atoms with Gasteiger partial charge >= 0.3 is 0 Å². The molecule has 0 atom stereocenters. The van der Waals surface area contributed by atoms with Gasteiger partial charge in [0.15, 0.2) is 0 Å². The summed E-state index contributed by atoms with van der Waals surface area (Å²) in [5.74, 6) is 0.706. The molecule has 0 saturated carbocycles. The fourth-order valence-electron chi connectivity index (χ4n) is 4.01. The highest BCUT2D eigenvalue weighted by Gasteiger charge is 2.19. The monoisotopic (exact) mass is 395 g/mol. The van der Waals surface area contributed by atoms with E-state index >= 15 is 0 Å². The lowest BCUT2D eigenvalue weighted by molar-refractivity contribution is 0.0940. The zero-order chi connectivity index (χ0) is 19.3. The summed E-state index contributed by atoms with van der Waals surface area (Å²) in [6, 6.07) is 18.2. The van der Waals surface area contributed by atoms with Gasteiger partial charge in [-0.25, -0.2) is 0 Å². The molecular formula is C23H26ClN3O. The summed E-state index contributed by atoms with van der Waals surface area (Å²) in [4.78, 5) is 18.0. The van der Waals surface area contributed by atoms with Crippen molar-refractivity contribution >= 4 is 28.4 Å². The molecule has 1 saturated heterocycles. The molecule has 28 heavy (non-hydrogen) atoms. The molecule has 4 nitrogen and oxygen atoms in total. The predicted molar refractivity (Wildman–Crippen MR) is 115 cm³/mol. The van der Waals surface area contributed by atoms with Gasteiger partial charge in [0.1, 0.15) is 5.69 Å². The summed E-state index contributed by atoms with van der Waals surface area (Å²) in [5.41, 5.74) is 2.95. The van der Waals surface area contributed by atoms with E-state index in [9.17, 15) is 4.79 Å². The molecule has 0 spiro atoms. The number of piperidine rings is 1. The zero-order valence-electron chi connectivity index (χ0n) is 16.0. The van der Waals surface area contributed by atoms with E-state index in [1.54, 1.807) is 0 Å². The second-order valence-electron chi connectivity index (χ2n) is 7.65. The molecule has 1 aliphatic rings. The number of H-pyrrole nitrogens is 1. The quantitative estimate of drug-likeness (QED) is 0.645. The van der Waals surface area contributed by atoms with Crippen molar-refractivity contribution in [2.24, 2.45) is 5.92 Å². The number of carbonyl (C=O) groups is 1. The van der Waals surface area contributed by atoms with Crippen LogP contribution in [0.15, 0.2) is 54.6 Å². The molecular weight excluding hydrogens is 370 g/mol. The Morgan fingerprint density at radius 2 is 1.89 bits per heavy atom. The third-order valence-corrected chi connectivity index (χ3v) is 5.85. The molecule has 0 bridgehead atoms. The Hall–Kier alpha value is -2.30. The summed E-state index contributed by atoms with van der Waals surface area (Å²) in [6.45, 7) is 3.78. The van der Waals surface area contributed by atoms with Gasteiger partial charge in [0.25, 0.3) is 5.91 Å². The number of hydrogen-bond acceptors (Lipinski definition) is 2. The molecule has 2 aromatic carbocycles. The van der Waals surface area contributed by atoms with E-state index in [4.69, 9.17) is 11.6 Å². The summed E-state index contributed by atoms with van der Waals surface area (Å²) in [7, 11) is 0. The maximum absolute atomic E-state index is 12.4. The van der Waals surface area contributed by atoms with Gasteiger partial charge in [0, 0.05) is 29.0 Å². The molecule has 1 aromatic heterocycles. The Morgan fingerprint density at radius 3 is 2.68 bits per heavy atom. The number of benzene rings is 2. The minimum Gasteiger partial charge on any atom is -0.351 e. The van der Waals surface area contributed by atoms with E-state index < -0.39 is 0 Å². The highest BCUT2D eigenvalue weighted by molar-refractivity contribution is 6.31. The van der Waals surface area contributed by atoms with Crippen LogP contribution in [-0.2, 0) is 6.42 Å². The van der Waals surface area contributed by atoms with Gasteiger partial charge in [-0.15, -0.1) is 0 Å². The number of hydrogen-bond donors (Lipinski definition) is 2. The number of aromatic nitrogens is 1. The number of likely N-dealkylation sites (tertiary alicyclic amines) is 1. The van der Waals surface area contributed by atoms with E-state index in [-0.39, 0.29) is 5.91 Å². The number of aromatic amines is 1. The van der Waals surface area contributed by atoms with Crippen LogP contribution in [-0.4, -0.2) is 42.0 Å². The minimum atomic E-state index is -0.0636. The highest BCUT2D eigenvalue weighted by atomic mass is 35.5. The zero-order valence-corrected chi connectivity index (χ0v) is 16.7. The Morgan fingerprint density at radius 1 is 1.11 bits per heavy atom. The lowest BCUT2D eigenvalue weighted by Crippen LogP contribution is -2.40. The van der Waals surface area contributed by atoms with Crippen molar-refractivity contribution in [1.29, 1.82) is 0 Å². The molecule has 2 N–H and O–H groups in total. The van der Waals surface area contributed by atoms with Crippen LogP contribution >= 0.6 is 11.6 Å². The van der Waals surface area contributed by atoms with Crippen molar-refractivity contribution < 1.29 is 4.79 Å². The van der Waals surface area contributed by atoms with Gasteiger partial charge in [0.2, 0.25) is 0 Å². The van der Waals surface area contributed by atoms with Gasteiger partial charge in [-0.1, -0.05) is 41.9 Å². The van der Waals surface area contributed by atoms with Crippen molar-refractivity contribution in [3.05, 3.63) is 70.9 Å². The van der Waals surface area contributed by atoms with E-state index in [0.29, 0.717) is 17.3 Å². The predicted octanol–water partition coefficient (Wildman–Crippen LogP) is 4.51. The number of rotatable bonds is 6. The standard InChI is InChI=1S/C23H26ClN3O/c24-20-6-7-21-19(15-20)16-22(26-21)23(28)25-10-13-27-11-8-18(9-12-27)14-17-4-2-1-3-5-17/h1-7,15-16,18,26H,8-14H2,(H,25,28). The van der Waals surface area contributed by atoms with Crippen LogP contribution in [0, 0.1) is 5.92 Å². The largest absolute Gasteiger partial charge is 0.351 e. The lowest BCUT2D eigenvalue weighted by Gasteiger charge is -2.32. The van der Waals surface area contributed by atoms with Crippen LogP contribution in [0.5, 0.6) is 0 Å². The van der Waals surface area contributed by atoms with E-state index in [1.165, 1.54) is 24.8 Å². The molecule has 4 rings (SSSR count). The Labute approximate surface area is 170 Å². The second kappa shape index (κ2) is 8.80. The first-order valence-corrected chi connectivity index (χ1v) is 10.4. The van der Waals surface area contributed by atoms with Crippen LogP contribution < -0.4 is 5.32 Å². The summed E-state index contributed by atoms with van der Waals surface area (Å²) in [5, 5.41) is 4.66. The molecule has 0 unspecified atom stereocenters. The molecule has 5 heteroatoms. The molecule has 1 fully saturated rings. The summed E-state index contributed by atoms with van der Waals surface area (Å²) >= 11 is 6.01. The summed E-state index contributed by atoms with van der Waals surface area (Å²) in [6.07, 6.45) is 3.63. The normalized spacial score (nSPS) is 15.8. The van der Waals surface area contributed by atoms with Gasteiger partial charge < -0.3 is 15.2 Å². The minimum absolute atomic E-state index is 0.0636. The van der Waals surface area contributed by atoms with Crippen LogP contribution in [0.1, 0.15) is 28.9 Å². The lowest BCUT2D eigenvalue weighted by atomic mass is 9.90. The maximum Gasteiger partial charge on any atom is 0.267 e. The topological polar surface area (TPSA) is 48.1 Å². The number of nitrogens with one attached hydrogen (secondary N) is 2. The number of fused-ring (bicyclic) bond motifs is 1. The molecule has 1 amide bonds. The smallest absolute Gasteiger partial charge is 0.267 e. The van der Waals surface area contributed by atoms with Crippen molar-refractivity contribution in [2.75, 3.05) is 26.2 Å². The second-order valence-corrected chi connectivity index (χ2v) is 8.08. The Balaban J connectivity index is 1.20. The number of nitrogens with zero attached hydrogens (tertiary/aromatic N) is 1. The summed E-state index contributed by atoms with van der Waals surface area (Å²) < 4.78 is 0. The van der Waals surface area contributed by atoms with E-state index in [2.05, 4.69) is 45.5 Å². The van der Waals surface area contributed by atoms with Gasteiger partial charge in [-0.3, -0.25) is 4.79 Å². The Kier molecular flexibility index (Phi) is 5.98. The fraction of sp³-hybridized carbons (Fsp3) is 0.348. The van der Waals surface area contributed by atoms with Gasteiger partial charge in [-0.2, -0.15) is 0 Å². The van der Waals surface area contributed by atoms with Crippen molar-refractivity contribution in [3.63, 3.8) is 0 Å². The first-order chi connectivity index (χ1) is 13.7. The van der Waals surface area contributed by atoms with E-state index in [0.717, 1.165) is 36.5 Å². The highest BCUT2D eigenvalue weighted by Crippen LogP contribution is 2.22. The fourth-order valence-corrected chi connectivity index (χ4v) is 4.19. The number of halogens is 1. The molecule has 146 valence electrons. The van der Waals surface area contributed by atoms with Crippen LogP contribution in [0.2, 0.25) is 5.02 Å². The van der Waals surface area contributed by atoms with Gasteiger partial charge in [0.05, 0.1) is 0 Å². The third kappa shape index (κ3) is 4.75. The first kappa shape index (κ1) is 19.0. The van der Waals surface area contributed by atoms with Gasteiger partial charge in [-0.05, 0) is 68.1 Å². The SMILES string of the molecule is O=C(NCCN1CCC(Cc2ccccc2)CC1)c1cc2cc(Cl)ccc2[nH]1. The maximum atomic E-state index is 12.4. The first-order valence-electron chi connectivity index (χ1n) is 10.00. The molecule has 1 aliphatic heterocycles. The number of carbonyl (C=O) groups excluding carboxylic acids is 1. The van der Waals surface area contributed by atoms with Crippen molar-refractivity contribution in [3.8, 4) is 0 Å². The van der Waals surface area contributed by atoms with Crippen LogP contribution in [0.25, 0.3) is 10.9 Å². The molecule has 0 radical (unpaired) electrons. The van der Waals surface area contributed by atoms with E-state index in [1.807, 2.05) is 24.3 Å². The average molecular weight is 396 g/mol. The number of amides is 1. The average Bonchev–Trinajstić information content (AvgIpc) is 3.13. The van der Waals surface area contributed by atoms with Crippen LogP contribution in [0.3, 0.4) is 0 Å². The molecule has 2 heterocycles. The van der Waals surface area contributed by atoms with Crippen molar-refractivity contribution in [1.82, 2.24) is 15.2 Å². The third-order valence-electron chi connectivity index (χ3n) is 5.62. The van der Waals surface area contributed by atoms with Crippen molar-refractivity contribution in [2.45, 2.75) is 19.3 Å². The van der Waals surface area contributed by atoms with Crippen LogP contribution in [0.4, 0.5) is 0 Å². The molecule has 3 aromatic rings. The Bertz CT molecular complexity index is 929. The molecule has 0 aliphatic carbocycles.